The highest BCUT2D eigenvalue weighted by Crippen LogP contribution is 2.30. The van der Waals surface area contributed by atoms with E-state index in [-0.39, 0.29) is 11.4 Å². The van der Waals surface area contributed by atoms with E-state index in [1.165, 1.54) is 11.3 Å². The Kier molecular flexibility index (Phi) is 4.36. The molecule has 0 saturated heterocycles. The minimum Gasteiger partial charge on any atom is -0.359 e. The number of carbonyl (C=O) groups is 1. The van der Waals surface area contributed by atoms with E-state index in [2.05, 4.69) is 62.2 Å². The molecule has 20 heavy (non-hydrogen) atoms. The van der Waals surface area contributed by atoms with Crippen molar-refractivity contribution < 1.29 is 4.79 Å². The lowest BCUT2D eigenvalue weighted by Crippen LogP contribution is -2.50. The average molecular weight is 274 g/mol. The number of nitrogens with zero attached hydrogens (tertiary/aromatic N) is 1. The van der Waals surface area contributed by atoms with Crippen LogP contribution in [0.15, 0.2) is 24.3 Å². The molecule has 0 aliphatic carbocycles. The number of para-hydroxylation sites is 1. The zero-order chi connectivity index (χ0) is 14.8. The first kappa shape index (κ1) is 14.9. The molecular formula is C17H26N2O. The van der Waals surface area contributed by atoms with Crippen molar-refractivity contribution in [1.29, 1.82) is 0 Å². The summed E-state index contributed by atoms with van der Waals surface area (Å²) in [6, 6.07) is 8.84. The Morgan fingerprint density at radius 3 is 2.80 bits per heavy atom. The van der Waals surface area contributed by atoms with Gasteiger partial charge in [-0.1, -0.05) is 25.1 Å². The van der Waals surface area contributed by atoms with Crippen molar-refractivity contribution in [2.75, 3.05) is 11.4 Å². The molecule has 1 aromatic rings. The molecular weight excluding hydrogens is 248 g/mol. The van der Waals surface area contributed by atoms with E-state index < -0.39 is 0 Å². The van der Waals surface area contributed by atoms with Gasteiger partial charge in [-0.15, -0.1) is 0 Å². The zero-order valence-corrected chi connectivity index (χ0v) is 13.1. The first-order valence-electron chi connectivity index (χ1n) is 7.58. The Hall–Kier alpha value is -1.51. The van der Waals surface area contributed by atoms with Crippen molar-refractivity contribution >= 4 is 11.6 Å². The number of nitrogens with one attached hydrogen (secondary N) is 1. The normalized spacial score (nSPS) is 18.6. The van der Waals surface area contributed by atoms with Gasteiger partial charge in [0.1, 0.15) is 0 Å². The van der Waals surface area contributed by atoms with Gasteiger partial charge >= 0.3 is 0 Å². The third kappa shape index (κ3) is 3.33. The molecule has 1 amide bonds. The van der Waals surface area contributed by atoms with Crippen LogP contribution in [0.1, 0.15) is 46.1 Å². The van der Waals surface area contributed by atoms with E-state index in [4.69, 9.17) is 0 Å². The second-order valence-corrected chi connectivity index (χ2v) is 6.43. The van der Waals surface area contributed by atoms with Gasteiger partial charge in [0.2, 0.25) is 5.91 Å². The summed E-state index contributed by atoms with van der Waals surface area (Å²) in [5.74, 6) is 0.111. The van der Waals surface area contributed by atoms with Crippen LogP contribution in [0.2, 0.25) is 0 Å². The molecule has 0 spiro atoms. The predicted molar refractivity (Wildman–Crippen MR) is 84.1 cm³/mol. The topological polar surface area (TPSA) is 32.3 Å². The number of benzene rings is 1. The van der Waals surface area contributed by atoms with Crippen LogP contribution in [-0.4, -0.2) is 24.0 Å². The molecule has 1 atom stereocenters. The van der Waals surface area contributed by atoms with Gasteiger partial charge in [0.05, 0.1) is 6.54 Å². The van der Waals surface area contributed by atoms with Gasteiger partial charge in [0.15, 0.2) is 0 Å². The number of anilines is 1. The Balaban J connectivity index is 2.11. The summed E-state index contributed by atoms with van der Waals surface area (Å²) in [6.45, 7) is 8.88. The Labute approximate surface area is 122 Å². The molecule has 0 fully saturated rings. The molecule has 0 unspecified atom stereocenters. The summed E-state index contributed by atoms with van der Waals surface area (Å²) in [7, 11) is 0. The highest BCUT2D eigenvalue weighted by Gasteiger charge is 2.26. The Bertz CT molecular complexity index is 482. The van der Waals surface area contributed by atoms with Crippen LogP contribution < -0.4 is 10.2 Å². The predicted octanol–water partition coefficient (Wildman–Crippen LogP) is 3.13. The molecule has 1 N–H and O–H groups in total. The van der Waals surface area contributed by atoms with Crippen LogP contribution in [0.4, 0.5) is 5.69 Å². The largest absolute Gasteiger partial charge is 0.359 e. The minimum absolute atomic E-state index is 0.111. The van der Waals surface area contributed by atoms with E-state index >= 15 is 0 Å². The highest BCUT2D eigenvalue weighted by atomic mass is 16.2. The van der Waals surface area contributed by atoms with Crippen molar-refractivity contribution in [1.82, 2.24) is 5.32 Å². The standard InChI is InChI=1S/C17H26N2O/c1-5-17(3,4)18-16(20)12-19-13(2)10-11-14-8-6-7-9-15(14)19/h6-9,13H,5,10-12H2,1-4H3,(H,18,20)/t13-/m1/s1. The van der Waals surface area contributed by atoms with Gasteiger partial charge in [-0.05, 0) is 51.7 Å². The Morgan fingerprint density at radius 2 is 2.10 bits per heavy atom. The van der Waals surface area contributed by atoms with Gasteiger partial charge in [0, 0.05) is 17.3 Å². The summed E-state index contributed by atoms with van der Waals surface area (Å²) in [4.78, 5) is 14.5. The molecule has 0 radical (unpaired) electrons. The fourth-order valence-corrected chi connectivity index (χ4v) is 2.66. The molecule has 0 aromatic heterocycles. The van der Waals surface area contributed by atoms with Gasteiger partial charge in [-0.3, -0.25) is 4.79 Å². The molecule has 2 rings (SSSR count). The van der Waals surface area contributed by atoms with Crippen molar-refractivity contribution in [2.45, 2.75) is 58.5 Å². The summed E-state index contributed by atoms with van der Waals surface area (Å²) in [6.07, 6.45) is 3.16. The van der Waals surface area contributed by atoms with Crippen LogP contribution in [0.25, 0.3) is 0 Å². The third-order valence-electron chi connectivity index (χ3n) is 4.34. The maximum Gasteiger partial charge on any atom is 0.239 e. The SMILES string of the molecule is CCC(C)(C)NC(=O)CN1c2ccccc2CC[C@H]1C. The smallest absolute Gasteiger partial charge is 0.239 e. The number of amides is 1. The zero-order valence-electron chi connectivity index (χ0n) is 13.1. The average Bonchev–Trinajstić information content (AvgIpc) is 2.41. The van der Waals surface area contributed by atoms with Crippen molar-refractivity contribution in [2.24, 2.45) is 0 Å². The number of aryl methyl sites for hydroxylation is 1. The lowest BCUT2D eigenvalue weighted by Gasteiger charge is -2.37. The number of fused-ring (bicyclic) bond motifs is 1. The van der Waals surface area contributed by atoms with Crippen molar-refractivity contribution in [3.8, 4) is 0 Å². The molecule has 1 aliphatic rings. The van der Waals surface area contributed by atoms with E-state index in [0.29, 0.717) is 12.6 Å². The third-order valence-corrected chi connectivity index (χ3v) is 4.34. The minimum atomic E-state index is -0.129. The summed E-state index contributed by atoms with van der Waals surface area (Å²) < 4.78 is 0. The van der Waals surface area contributed by atoms with E-state index in [0.717, 1.165) is 19.3 Å². The lowest BCUT2D eigenvalue weighted by molar-refractivity contribution is -0.121. The number of carbonyl (C=O) groups excluding carboxylic acids is 1. The maximum absolute atomic E-state index is 12.3. The highest BCUT2D eigenvalue weighted by molar-refractivity contribution is 5.82. The summed E-state index contributed by atoms with van der Waals surface area (Å²) in [5, 5.41) is 3.12. The molecule has 1 aliphatic heterocycles. The first-order chi connectivity index (χ1) is 9.43. The number of hydrogen-bond donors (Lipinski definition) is 1. The molecule has 3 heteroatoms. The fourth-order valence-electron chi connectivity index (χ4n) is 2.66. The molecule has 1 heterocycles. The van der Waals surface area contributed by atoms with Crippen molar-refractivity contribution in [3.63, 3.8) is 0 Å². The van der Waals surface area contributed by atoms with Crippen LogP contribution in [0.5, 0.6) is 0 Å². The van der Waals surface area contributed by atoms with Crippen molar-refractivity contribution in [3.05, 3.63) is 29.8 Å². The monoisotopic (exact) mass is 274 g/mol. The van der Waals surface area contributed by atoms with Gasteiger partial charge in [0.25, 0.3) is 0 Å². The van der Waals surface area contributed by atoms with E-state index in [9.17, 15) is 4.79 Å². The van der Waals surface area contributed by atoms with E-state index in [1.807, 2.05) is 0 Å². The quantitative estimate of drug-likeness (QED) is 0.915. The number of hydrogen-bond acceptors (Lipinski definition) is 2. The molecule has 0 saturated carbocycles. The summed E-state index contributed by atoms with van der Waals surface area (Å²) >= 11 is 0. The molecule has 110 valence electrons. The van der Waals surface area contributed by atoms with Crippen LogP contribution >= 0.6 is 0 Å². The maximum atomic E-state index is 12.3. The fraction of sp³-hybridized carbons (Fsp3) is 0.588. The van der Waals surface area contributed by atoms with Gasteiger partial charge < -0.3 is 10.2 Å². The van der Waals surface area contributed by atoms with Crippen LogP contribution in [0.3, 0.4) is 0 Å². The first-order valence-corrected chi connectivity index (χ1v) is 7.58. The van der Waals surface area contributed by atoms with Crippen LogP contribution in [0, 0.1) is 0 Å². The number of rotatable bonds is 4. The van der Waals surface area contributed by atoms with Gasteiger partial charge in [-0.25, -0.2) is 0 Å². The second kappa shape index (κ2) is 5.86. The Morgan fingerprint density at radius 1 is 1.40 bits per heavy atom. The van der Waals surface area contributed by atoms with Gasteiger partial charge in [-0.2, -0.15) is 0 Å². The molecule has 0 bridgehead atoms. The van der Waals surface area contributed by atoms with Crippen LogP contribution in [-0.2, 0) is 11.2 Å². The van der Waals surface area contributed by atoms with E-state index in [1.54, 1.807) is 0 Å². The molecule has 3 nitrogen and oxygen atoms in total. The lowest BCUT2D eigenvalue weighted by atomic mass is 9.96. The molecule has 1 aromatic carbocycles. The second-order valence-electron chi connectivity index (χ2n) is 6.43. The summed E-state index contributed by atoms with van der Waals surface area (Å²) in [5.41, 5.74) is 2.44.